The van der Waals surface area contributed by atoms with Gasteiger partial charge in [0.1, 0.15) is 5.82 Å². The van der Waals surface area contributed by atoms with Crippen LogP contribution in [0.2, 0.25) is 0 Å². The molecule has 0 saturated carbocycles. The van der Waals surface area contributed by atoms with E-state index >= 15 is 0 Å². The van der Waals surface area contributed by atoms with Crippen molar-refractivity contribution in [3.05, 3.63) is 83.8 Å². The summed E-state index contributed by atoms with van der Waals surface area (Å²) in [5, 5.41) is 11.4. The number of carbonyl (C=O) groups excluding carboxylic acids is 1. The van der Waals surface area contributed by atoms with Gasteiger partial charge in [-0.3, -0.25) is 4.79 Å². The minimum absolute atomic E-state index is 0.0660. The van der Waals surface area contributed by atoms with Gasteiger partial charge in [0.05, 0.1) is 11.7 Å². The predicted octanol–water partition coefficient (Wildman–Crippen LogP) is 4.73. The number of carbonyl (C=O) groups is 1. The smallest absolute Gasteiger partial charge is 0.410 e. The lowest BCUT2D eigenvalue weighted by molar-refractivity contribution is -0.173. The van der Waals surface area contributed by atoms with Crippen molar-refractivity contribution < 1.29 is 27.4 Å². The van der Waals surface area contributed by atoms with Gasteiger partial charge in [0.15, 0.2) is 23.2 Å². The minimum atomic E-state index is -4.56. The molecule has 2 aromatic heterocycles. The number of anilines is 1. The highest BCUT2D eigenvalue weighted by Crippen LogP contribution is 2.45. The number of benzene rings is 2. The van der Waals surface area contributed by atoms with Crippen molar-refractivity contribution in [3.8, 4) is 17.2 Å². The maximum absolute atomic E-state index is 14.1. The molecule has 12 heteroatoms. The van der Waals surface area contributed by atoms with Crippen molar-refractivity contribution >= 4 is 11.7 Å². The largest absolute Gasteiger partial charge is 0.454 e. The average Bonchev–Trinajstić information content (AvgIpc) is 3.67. The quantitative estimate of drug-likeness (QED) is 0.406. The van der Waals surface area contributed by atoms with Gasteiger partial charge in [-0.15, -0.1) is 0 Å². The molecule has 196 valence electrons. The second kappa shape index (κ2) is 9.12. The molecule has 4 aromatic rings. The Kier molecular flexibility index (Phi) is 5.73. The number of ether oxygens (including phenoxy) is 2. The summed E-state index contributed by atoms with van der Waals surface area (Å²) in [7, 11) is 1.59. The molecule has 2 unspecified atom stereocenters. The second-order valence-corrected chi connectivity index (χ2v) is 9.24. The normalized spacial score (nSPS) is 18.1. The number of nitrogens with one attached hydrogen (secondary N) is 1. The summed E-state index contributed by atoms with van der Waals surface area (Å²) in [5.74, 6) is 0.683. The van der Waals surface area contributed by atoms with Crippen LogP contribution in [0, 0.1) is 0 Å². The molecule has 0 bridgehead atoms. The lowest BCUT2D eigenvalue weighted by Crippen LogP contribution is -2.35. The first-order valence-electron chi connectivity index (χ1n) is 11.9. The molecule has 4 heterocycles. The number of hydrogen-bond acceptors (Lipinski definition) is 6. The van der Waals surface area contributed by atoms with Crippen molar-refractivity contribution in [3.63, 3.8) is 0 Å². The van der Waals surface area contributed by atoms with E-state index in [9.17, 15) is 18.0 Å². The monoisotopic (exact) mass is 524 g/mol. The van der Waals surface area contributed by atoms with Crippen LogP contribution < -0.4 is 14.8 Å². The highest BCUT2D eigenvalue weighted by Gasteiger charge is 2.47. The summed E-state index contributed by atoms with van der Waals surface area (Å²) in [5.41, 5.74) is 2.29. The van der Waals surface area contributed by atoms with E-state index in [4.69, 9.17) is 9.47 Å². The third-order valence-corrected chi connectivity index (χ3v) is 6.68. The van der Waals surface area contributed by atoms with Crippen LogP contribution in [0.5, 0.6) is 11.5 Å². The molecule has 2 aliphatic rings. The standard InChI is InChI=1S/C26H23F3N6O3/c1-33(14-16-3-6-18(7-4-16)34-10-2-9-30-34)25(36)20-13-24-31-19(12-23(26(27,28)29)35(24)32-20)17-5-8-21-22(11-17)38-15-37-21/h2-11,13,19,23,31H,12,14-15H2,1H3. The number of fused-ring (bicyclic) bond motifs is 2. The number of hydrogen-bond donors (Lipinski definition) is 1. The SMILES string of the molecule is CN(Cc1ccc(-n2cccn2)cc1)C(=O)c1cc2n(n1)C(C(F)(F)F)CC(c1ccc3c(c1)OCO3)N2. The zero-order valence-corrected chi connectivity index (χ0v) is 20.2. The lowest BCUT2D eigenvalue weighted by atomic mass is 9.96. The van der Waals surface area contributed by atoms with Crippen molar-refractivity contribution in [1.82, 2.24) is 24.5 Å². The van der Waals surface area contributed by atoms with Gasteiger partial charge in [0.2, 0.25) is 6.79 Å². The van der Waals surface area contributed by atoms with Gasteiger partial charge in [0.25, 0.3) is 5.91 Å². The fraction of sp³-hybridized carbons (Fsp3) is 0.269. The Labute approximate surface area is 215 Å². The van der Waals surface area contributed by atoms with E-state index in [2.05, 4.69) is 15.5 Å². The van der Waals surface area contributed by atoms with Crippen LogP contribution >= 0.6 is 0 Å². The molecule has 38 heavy (non-hydrogen) atoms. The number of alkyl halides is 3. The molecule has 9 nitrogen and oxygen atoms in total. The summed E-state index contributed by atoms with van der Waals surface area (Å²) in [6, 6.07) is 13.2. The van der Waals surface area contributed by atoms with E-state index in [0.717, 1.165) is 15.9 Å². The molecule has 0 aliphatic carbocycles. The minimum Gasteiger partial charge on any atom is -0.454 e. The van der Waals surface area contributed by atoms with Crippen LogP contribution in [0.15, 0.2) is 67.0 Å². The topological polar surface area (TPSA) is 86.4 Å². The molecule has 1 N–H and O–H groups in total. The van der Waals surface area contributed by atoms with E-state index in [1.165, 1.54) is 11.0 Å². The Hall–Kier alpha value is -4.48. The first-order valence-corrected chi connectivity index (χ1v) is 11.9. The Balaban J connectivity index is 1.22. The van der Waals surface area contributed by atoms with Gasteiger partial charge in [-0.05, 0) is 41.5 Å². The molecule has 1 amide bonds. The molecule has 0 radical (unpaired) electrons. The lowest BCUT2D eigenvalue weighted by Gasteiger charge is -2.33. The first kappa shape index (κ1) is 23.9. The molecule has 2 aromatic carbocycles. The second-order valence-electron chi connectivity index (χ2n) is 9.24. The number of halogens is 3. The van der Waals surface area contributed by atoms with Crippen molar-refractivity contribution in [2.24, 2.45) is 0 Å². The summed E-state index contributed by atoms with van der Waals surface area (Å²) < 4.78 is 55.5. The number of rotatable bonds is 5. The van der Waals surface area contributed by atoms with Crippen molar-refractivity contribution in [2.75, 3.05) is 19.2 Å². The van der Waals surface area contributed by atoms with Crippen LogP contribution in [0.25, 0.3) is 5.69 Å². The van der Waals surface area contributed by atoms with E-state index in [1.54, 1.807) is 36.1 Å². The summed E-state index contributed by atoms with van der Waals surface area (Å²) in [4.78, 5) is 14.6. The fourth-order valence-electron chi connectivity index (χ4n) is 4.74. The van der Waals surface area contributed by atoms with Crippen LogP contribution in [-0.4, -0.2) is 50.4 Å². The van der Waals surface area contributed by atoms with Crippen LogP contribution in [0.3, 0.4) is 0 Å². The highest BCUT2D eigenvalue weighted by atomic mass is 19.4. The molecule has 6 rings (SSSR count). The van der Waals surface area contributed by atoms with Gasteiger partial charge in [-0.2, -0.15) is 23.4 Å². The van der Waals surface area contributed by atoms with Gasteiger partial charge in [0, 0.05) is 38.5 Å². The number of amides is 1. The summed E-state index contributed by atoms with van der Waals surface area (Å²) in [6.45, 7) is 0.332. The first-order chi connectivity index (χ1) is 18.3. The molecule has 2 aliphatic heterocycles. The van der Waals surface area contributed by atoms with Crippen molar-refractivity contribution in [2.45, 2.75) is 31.2 Å². The molecule has 0 saturated heterocycles. The van der Waals surface area contributed by atoms with E-state index in [-0.39, 0.29) is 31.3 Å². The molecule has 0 fully saturated rings. The molecular formula is C26H23F3N6O3. The maximum Gasteiger partial charge on any atom is 0.410 e. The third kappa shape index (κ3) is 4.42. The molecule has 2 atom stereocenters. The molecule has 0 spiro atoms. The Morgan fingerprint density at radius 3 is 2.66 bits per heavy atom. The highest BCUT2D eigenvalue weighted by molar-refractivity contribution is 5.93. The Morgan fingerprint density at radius 1 is 1.13 bits per heavy atom. The molecular weight excluding hydrogens is 501 g/mol. The van der Waals surface area contributed by atoms with Gasteiger partial charge in [-0.1, -0.05) is 18.2 Å². The predicted molar refractivity (Wildman–Crippen MR) is 130 cm³/mol. The average molecular weight is 525 g/mol. The number of aromatic nitrogens is 4. The van der Waals surface area contributed by atoms with E-state index < -0.39 is 24.2 Å². The van der Waals surface area contributed by atoms with E-state index in [1.807, 2.05) is 36.5 Å². The van der Waals surface area contributed by atoms with E-state index in [0.29, 0.717) is 17.1 Å². The van der Waals surface area contributed by atoms with Crippen LogP contribution in [-0.2, 0) is 6.54 Å². The fourth-order valence-corrected chi connectivity index (χ4v) is 4.74. The van der Waals surface area contributed by atoms with Crippen LogP contribution in [0.1, 0.15) is 40.1 Å². The van der Waals surface area contributed by atoms with Gasteiger partial charge >= 0.3 is 6.18 Å². The van der Waals surface area contributed by atoms with Gasteiger partial charge < -0.3 is 19.7 Å². The van der Waals surface area contributed by atoms with Crippen LogP contribution in [0.4, 0.5) is 19.0 Å². The third-order valence-electron chi connectivity index (χ3n) is 6.68. The van der Waals surface area contributed by atoms with Crippen molar-refractivity contribution in [1.29, 1.82) is 0 Å². The summed E-state index contributed by atoms with van der Waals surface area (Å²) in [6.07, 6.45) is -1.34. The Morgan fingerprint density at radius 2 is 1.92 bits per heavy atom. The zero-order chi connectivity index (χ0) is 26.4. The van der Waals surface area contributed by atoms with Gasteiger partial charge in [-0.25, -0.2) is 9.36 Å². The Bertz CT molecular complexity index is 1470. The number of nitrogens with zero attached hydrogens (tertiary/aromatic N) is 5. The summed E-state index contributed by atoms with van der Waals surface area (Å²) >= 11 is 0. The zero-order valence-electron chi connectivity index (χ0n) is 20.2. The maximum atomic E-state index is 14.1.